The molecule has 1 aliphatic heterocycles. The monoisotopic (exact) mass is 269 g/mol. The van der Waals surface area contributed by atoms with E-state index in [4.69, 9.17) is 4.74 Å². The molecule has 0 aromatic heterocycles. The molecule has 1 saturated heterocycles. The molecule has 19 heavy (non-hydrogen) atoms. The van der Waals surface area contributed by atoms with Gasteiger partial charge in [0.1, 0.15) is 23.6 Å². The Kier molecular flexibility index (Phi) is 4.47. The lowest BCUT2D eigenvalue weighted by Crippen LogP contribution is -2.31. The fourth-order valence-corrected chi connectivity index (χ4v) is 2.45. The average molecular weight is 269 g/mol. The number of carbonyl (C=O) groups excluding carboxylic acids is 1. The Morgan fingerprint density at radius 2 is 2.11 bits per heavy atom. The lowest BCUT2D eigenvalue weighted by molar-refractivity contribution is 0.0575. The highest BCUT2D eigenvalue weighted by Gasteiger charge is 2.20. The first-order valence-electron chi connectivity index (χ1n) is 6.35. The number of hydrogen-bond acceptors (Lipinski definition) is 3. The largest absolute Gasteiger partial charge is 0.381 e. The van der Waals surface area contributed by atoms with Crippen molar-refractivity contribution < 1.29 is 18.3 Å². The fraction of sp³-hybridized carbons (Fsp3) is 0.500. The predicted octanol–water partition coefficient (Wildman–Crippen LogP) is 2.64. The Morgan fingerprint density at radius 3 is 2.63 bits per heavy atom. The van der Waals surface area contributed by atoms with Crippen LogP contribution in [0, 0.1) is 17.6 Å². The molecule has 3 nitrogen and oxygen atoms in total. The molecule has 1 atom stereocenters. The smallest absolute Gasteiger partial charge is 0.150 e. The van der Waals surface area contributed by atoms with E-state index in [1.165, 1.54) is 0 Å². The second-order valence-corrected chi connectivity index (χ2v) is 4.91. The number of hydrogen-bond donors (Lipinski definition) is 0. The molecule has 2 rings (SSSR count). The van der Waals surface area contributed by atoms with E-state index in [2.05, 4.69) is 0 Å². The third kappa shape index (κ3) is 3.29. The van der Waals surface area contributed by atoms with Crippen molar-refractivity contribution in [3.8, 4) is 0 Å². The van der Waals surface area contributed by atoms with Gasteiger partial charge in [-0.3, -0.25) is 4.79 Å². The van der Waals surface area contributed by atoms with Crippen LogP contribution in [0.15, 0.2) is 12.1 Å². The molecule has 0 bridgehead atoms. The maximum absolute atomic E-state index is 13.8. The van der Waals surface area contributed by atoms with Crippen LogP contribution in [0.2, 0.25) is 0 Å². The minimum Gasteiger partial charge on any atom is -0.381 e. The van der Waals surface area contributed by atoms with Gasteiger partial charge in [-0.2, -0.15) is 0 Å². The van der Waals surface area contributed by atoms with E-state index in [0.29, 0.717) is 19.4 Å². The molecule has 1 aromatic carbocycles. The van der Waals surface area contributed by atoms with Crippen LogP contribution < -0.4 is 4.90 Å². The summed E-state index contributed by atoms with van der Waals surface area (Å²) in [6, 6.07) is 2.11. The summed E-state index contributed by atoms with van der Waals surface area (Å²) < 4.78 is 33.0. The summed E-state index contributed by atoms with van der Waals surface area (Å²) in [7, 11) is 1.65. The van der Waals surface area contributed by atoms with Crippen molar-refractivity contribution in [3.05, 3.63) is 29.3 Å². The topological polar surface area (TPSA) is 29.5 Å². The van der Waals surface area contributed by atoms with Gasteiger partial charge in [0.05, 0.1) is 6.61 Å². The third-order valence-corrected chi connectivity index (χ3v) is 3.34. The van der Waals surface area contributed by atoms with Crippen molar-refractivity contribution in [3.63, 3.8) is 0 Å². The van der Waals surface area contributed by atoms with Gasteiger partial charge in [0.2, 0.25) is 0 Å². The van der Waals surface area contributed by atoms with Crippen LogP contribution >= 0.6 is 0 Å². The molecule has 0 amide bonds. The number of benzene rings is 1. The summed E-state index contributed by atoms with van der Waals surface area (Å²) >= 11 is 0. The van der Waals surface area contributed by atoms with Crippen LogP contribution in [0.4, 0.5) is 14.5 Å². The third-order valence-electron chi connectivity index (χ3n) is 3.34. The number of anilines is 1. The van der Waals surface area contributed by atoms with Crippen molar-refractivity contribution in [1.82, 2.24) is 0 Å². The quantitative estimate of drug-likeness (QED) is 0.787. The Hall–Kier alpha value is -1.49. The first-order chi connectivity index (χ1) is 9.11. The summed E-state index contributed by atoms with van der Waals surface area (Å²) in [5.74, 6) is -1.13. The molecule has 0 radical (unpaired) electrons. The van der Waals surface area contributed by atoms with Crippen LogP contribution in [0.25, 0.3) is 0 Å². The minimum absolute atomic E-state index is 0.00755. The van der Waals surface area contributed by atoms with Gasteiger partial charge in [0.15, 0.2) is 0 Å². The molecular formula is C14H17F2NO2. The first kappa shape index (κ1) is 13.9. The number of ether oxygens (including phenoxy) is 1. The molecule has 104 valence electrons. The molecule has 5 heteroatoms. The maximum Gasteiger partial charge on any atom is 0.150 e. The number of rotatable bonds is 4. The van der Waals surface area contributed by atoms with Gasteiger partial charge in [-0.1, -0.05) is 0 Å². The van der Waals surface area contributed by atoms with Gasteiger partial charge in [-0.05, 0) is 30.9 Å². The highest BCUT2D eigenvalue weighted by molar-refractivity contribution is 5.76. The van der Waals surface area contributed by atoms with Crippen molar-refractivity contribution >= 4 is 12.0 Å². The number of halogens is 2. The fourth-order valence-electron chi connectivity index (χ4n) is 2.45. The summed E-state index contributed by atoms with van der Waals surface area (Å²) in [6.45, 7) is 1.92. The Labute approximate surface area is 111 Å². The molecule has 1 aromatic rings. The van der Waals surface area contributed by atoms with E-state index < -0.39 is 11.6 Å². The standard InChI is InChI=1S/C14H17F2NO2/c1-17(7-10-3-2-4-19-9-10)14-12(15)5-11(8-18)6-13(14)16/h5-6,8,10H,2-4,7,9H2,1H3. The zero-order chi connectivity index (χ0) is 13.8. The second-order valence-electron chi connectivity index (χ2n) is 4.91. The highest BCUT2D eigenvalue weighted by Crippen LogP contribution is 2.25. The van der Waals surface area contributed by atoms with Gasteiger partial charge in [-0.15, -0.1) is 0 Å². The summed E-state index contributed by atoms with van der Waals surface area (Å²) in [4.78, 5) is 12.1. The second kappa shape index (κ2) is 6.10. The van der Waals surface area contributed by atoms with Crippen LogP contribution in [0.3, 0.4) is 0 Å². The van der Waals surface area contributed by atoms with E-state index in [1.807, 2.05) is 0 Å². The minimum atomic E-state index is -0.707. The summed E-state index contributed by atoms with van der Waals surface area (Å²) in [5, 5.41) is 0. The Bertz CT molecular complexity index is 436. The Morgan fingerprint density at radius 1 is 1.42 bits per heavy atom. The van der Waals surface area contributed by atoms with E-state index in [0.717, 1.165) is 31.6 Å². The predicted molar refractivity (Wildman–Crippen MR) is 68.6 cm³/mol. The van der Waals surface area contributed by atoms with Crippen molar-refractivity contribution in [2.45, 2.75) is 12.8 Å². The molecule has 1 fully saturated rings. The lowest BCUT2D eigenvalue weighted by atomic mass is 10.0. The van der Waals surface area contributed by atoms with Crippen LogP contribution in [-0.2, 0) is 4.74 Å². The van der Waals surface area contributed by atoms with Gasteiger partial charge in [0.25, 0.3) is 0 Å². The lowest BCUT2D eigenvalue weighted by Gasteiger charge is -2.28. The van der Waals surface area contributed by atoms with E-state index in [1.54, 1.807) is 11.9 Å². The zero-order valence-electron chi connectivity index (χ0n) is 10.9. The van der Waals surface area contributed by atoms with Crippen molar-refractivity contribution in [2.24, 2.45) is 5.92 Å². The average Bonchev–Trinajstić information content (AvgIpc) is 2.38. The van der Waals surface area contributed by atoms with Gasteiger partial charge >= 0.3 is 0 Å². The molecule has 0 aliphatic carbocycles. The molecule has 1 unspecified atom stereocenters. The molecular weight excluding hydrogens is 252 g/mol. The maximum atomic E-state index is 13.8. The van der Waals surface area contributed by atoms with Gasteiger partial charge in [-0.25, -0.2) is 8.78 Å². The highest BCUT2D eigenvalue weighted by atomic mass is 19.1. The van der Waals surface area contributed by atoms with E-state index in [-0.39, 0.29) is 17.2 Å². The van der Waals surface area contributed by atoms with Crippen molar-refractivity contribution in [1.29, 1.82) is 0 Å². The molecule has 1 aliphatic rings. The first-order valence-corrected chi connectivity index (χ1v) is 6.35. The zero-order valence-corrected chi connectivity index (χ0v) is 10.9. The van der Waals surface area contributed by atoms with Crippen molar-refractivity contribution in [2.75, 3.05) is 31.7 Å². The number of aldehydes is 1. The number of nitrogens with zero attached hydrogens (tertiary/aromatic N) is 1. The van der Waals surface area contributed by atoms with E-state index >= 15 is 0 Å². The van der Waals surface area contributed by atoms with Gasteiger partial charge in [0, 0.05) is 25.8 Å². The van der Waals surface area contributed by atoms with Crippen LogP contribution in [-0.4, -0.2) is 33.1 Å². The van der Waals surface area contributed by atoms with Gasteiger partial charge < -0.3 is 9.64 Å². The van der Waals surface area contributed by atoms with Crippen LogP contribution in [0.5, 0.6) is 0 Å². The molecule has 0 saturated carbocycles. The van der Waals surface area contributed by atoms with Crippen LogP contribution in [0.1, 0.15) is 23.2 Å². The molecule has 0 spiro atoms. The summed E-state index contributed by atoms with van der Waals surface area (Å²) in [5.41, 5.74) is -0.0793. The summed E-state index contributed by atoms with van der Waals surface area (Å²) in [6.07, 6.45) is 2.42. The Balaban J connectivity index is 2.13. The molecule has 0 N–H and O–H groups in total. The number of carbonyl (C=O) groups is 1. The van der Waals surface area contributed by atoms with E-state index in [9.17, 15) is 13.6 Å². The molecule has 1 heterocycles. The normalized spacial score (nSPS) is 19.2. The SMILES string of the molecule is CN(CC1CCCOC1)c1c(F)cc(C=O)cc1F.